The number of para-hydroxylation sites is 1. The van der Waals surface area contributed by atoms with E-state index in [0.717, 1.165) is 11.6 Å². The maximum atomic E-state index is 13.1. The summed E-state index contributed by atoms with van der Waals surface area (Å²) < 4.78 is 50.6. The lowest BCUT2D eigenvalue weighted by Crippen LogP contribution is -2.43. The second kappa shape index (κ2) is 6.66. The van der Waals surface area contributed by atoms with Crippen molar-refractivity contribution in [1.29, 1.82) is 0 Å². The molecule has 2 aromatic heterocycles. The highest BCUT2D eigenvalue weighted by Crippen LogP contribution is 2.42. The van der Waals surface area contributed by atoms with Gasteiger partial charge in [0.15, 0.2) is 0 Å². The van der Waals surface area contributed by atoms with E-state index in [1.807, 2.05) is 31.2 Å². The van der Waals surface area contributed by atoms with Crippen LogP contribution < -0.4 is 10.1 Å². The molecule has 0 saturated heterocycles. The predicted octanol–water partition coefficient (Wildman–Crippen LogP) is 4.32. The van der Waals surface area contributed by atoms with Crippen LogP contribution in [0.1, 0.15) is 30.6 Å². The summed E-state index contributed by atoms with van der Waals surface area (Å²) in [5.41, 5.74) is -0.399. The fraction of sp³-hybridized carbons (Fsp3) is 0.368. The standard InChI is InChI=1S/C19H19F3N4O2/c1-18(9-27-2)8-13(11-5-3-4-6-14(11)28-18)25-16-12-7-15(19(20,21)22)26-17(12)24-10-23-16/h3-7,10,13H,8-9H2,1-2H3,(H2,23,24,25,26)/t13-,18+/m1/s1. The van der Waals surface area contributed by atoms with E-state index in [4.69, 9.17) is 9.47 Å². The van der Waals surface area contributed by atoms with Gasteiger partial charge >= 0.3 is 6.18 Å². The number of alkyl halides is 3. The summed E-state index contributed by atoms with van der Waals surface area (Å²) in [7, 11) is 1.60. The molecule has 0 radical (unpaired) electrons. The van der Waals surface area contributed by atoms with Crippen LogP contribution in [0.15, 0.2) is 36.7 Å². The van der Waals surface area contributed by atoms with Crippen molar-refractivity contribution in [2.24, 2.45) is 0 Å². The van der Waals surface area contributed by atoms with E-state index in [0.29, 0.717) is 24.6 Å². The van der Waals surface area contributed by atoms with Crippen molar-refractivity contribution in [3.63, 3.8) is 0 Å². The number of fused-ring (bicyclic) bond motifs is 2. The smallest absolute Gasteiger partial charge is 0.431 e. The van der Waals surface area contributed by atoms with E-state index in [9.17, 15) is 13.2 Å². The minimum atomic E-state index is -4.49. The lowest BCUT2D eigenvalue weighted by molar-refractivity contribution is -0.140. The Morgan fingerprint density at radius 1 is 1.32 bits per heavy atom. The zero-order valence-electron chi connectivity index (χ0n) is 15.3. The number of halogens is 3. The minimum Gasteiger partial charge on any atom is -0.485 e. The molecule has 0 fully saturated rings. The molecule has 1 aromatic carbocycles. The predicted molar refractivity (Wildman–Crippen MR) is 97.2 cm³/mol. The number of nitrogens with zero attached hydrogens (tertiary/aromatic N) is 2. The molecule has 0 bridgehead atoms. The first kappa shape index (κ1) is 18.5. The number of H-pyrrole nitrogens is 1. The topological polar surface area (TPSA) is 72.1 Å². The van der Waals surface area contributed by atoms with Gasteiger partial charge in [-0.25, -0.2) is 9.97 Å². The van der Waals surface area contributed by atoms with E-state index >= 15 is 0 Å². The van der Waals surface area contributed by atoms with Crippen molar-refractivity contribution in [3.8, 4) is 5.75 Å². The van der Waals surface area contributed by atoms with Crippen LogP contribution in [0.4, 0.5) is 19.0 Å². The molecule has 9 heteroatoms. The fourth-order valence-electron chi connectivity index (χ4n) is 3.61. The second-order valence-electron chi connectivity index (χ2n) is 7.09. The van der Waals surface area contributed by atoms with Crippen molar-refractivity contribution in [1.82, 2.24) is 15.0 Å². The van der Waals surface area contributed by atoms with E-state index < -0.39 is 17.5 Å². The third kappa shape index (κ3) is 3.37. The van der Waals surface area contributed by atoms with Gasteiger partial charge in [-0.15, -0.1) is 0 Å². The molecule has 4 rings (SSSR count). The lowest BCUT2D eigenvalue weighted by Gasteiger charge is -2.40. The number of hydrogen-bond acceptors (Lipinski definition) is 5. The van der Waals surface area contributed by atoms with E-state index in [2.05, 4.69) is 20.3 Å². The molecule has 2 atom stereocenters. The highest BCUT2D eigenvalue weighted by Gasteiger charge is 2.38. The van der Waals surface area contributed by atoms with Crippen LogP contribution >= 0.6 is 0 Å². The molecule has 0 spiro atoms. The summed E-state index contributed by atoms with van der Waals surface area (Å²) in [5.74, 6) is 1.04. The summed E-state index contributed by atoms with van der Waals surface area (Å²) >= 11 is 0. The number of benzene rings is 1. The van der Waals surface area contributed by atoms with Gasteiger partial charge in [-0.2, -0.15) is 13.2 Å². The number of hydrogen-bond donors (Lipinski definition) is 2. The second-order valence-corrected chi connectivity index (χ2v) is 7.09. The fourth-order valence-corrected chi connectivity index (χ4v) is 3.61. The molecule has 3 heterocycles. The number of rotatable bonds is 4. The zero-order chi connectivity index (χ0) is 19.9. The summed E-state index contributed by atoms with van der Waals surface area (Å²) in [5, 5.41) is 3.57. The molecule has 3 aromatic rings. The van der Waals surface area contributed by atoms with Gasteiger partial charge in [0.05, 0.1) is 18.0 Å². The molecule has 0 aliphatic carbocycles. The largest absolute Gasteiger partial charge is 0.485 e. The van der Waals surface area contributed by atoms with E-state index in [1.54, 1.807) is 7.11 Å². The monoisotopic (exact) mass is 392 g/mol. The first-order valence-electron chi connectivity index (χ1n) is 8.73. The number of aromatic amines is 1. The Labute approximate surface area is 159 Å². The van der Waals surface area contributed by atoms with Crippen LogP contribution in [0.5, 0.6) is 5.75 Å². The van der Waals surface area contributed by atoms with Crippen LogP contribution in [0, 0.1) is 0 Å². The molecule has 148 valence electrons. The average Bonchev–Trinajstić information content (AvgIpc) is 3.07. The van der Waals surface area contributed by atoms with Crippen molar-refractivity contribution < 1.29 is 22.6 Å². The quantitative estimate of drug-likeness (QED) is 0.692. The maximum absolute atomic E-state index is 13.1. The SMILES string of the molecule is COC[C@]1(C)C[C@@H](Nc2ncnc3[nH]c(C(F)(F)F)cc23)c2ccccc2O1. The zero-order valence-corrected chi connectivity index (χ0v) is 15.3. The Bertz CT molecular complexity index is 1000. The van der Waals surface area contributed by atoms with Crippen LogP contribution in [0.25, 0.3) is 11.0 Å². The molecule has 28 heavy (non-hydrogen) atoms. The molecule has 6 nitrogen and oxygen atoms in total. The van der Waals surface area contributed by atoms with Gasteiger partial charge in [-0.1, -0.05) is 18.2 Å². The van der Waals surface area contributed by atoms with Gasteiger partial charge in [0.2, 0.25) is 0 Å². The third-order valence-corrected chi connectivity index (χ3v) is 4.78. The molecule has 0 saturated carbocycles. The van der Waals surface area contributed by atoms with Crippen molar-refractivity contribution >= 4 is 16.9 Å². The molecule has 1 aliphatic rings. The molecular weight excluding hydrogens is 373 g/mol. The number of anilines is 1. The van der Waals surface area contributed by atoms with Crippen molar-refractivity contribution in [3.05, 3.63) is 47.9 Å². The van der Waals surface area contributed by atoms with Crippen LogP contribution in [-0.4, -0.2) is 34.3 Å². The Kier molecular flexibility index (Phi) is 4.41. The Morgan fingerprint density at radius 2 is 2.11 bits per heavy atom. The normalized spacial score (nSPS) is 22.0. The minimum absolute atomic E-state index is 0.129. The number of ether oxygens (including phenoxy) is 2. The van der Waals surface area contributed by atoms with Gasteiger partial charge in [-0.05, 0) is 19.1 Å². The third-order valence-electron chi connectivity index (χ3n) is 4.78. The molecule has 2 N–H and O–H groups in total. The van der Waals surface area contributed by atoms with Crippen LogP contribution in [0.3, 0.4) is 0 Å². The maximum Gasteiger partial charge on any atom is 0.431 e. The van der Waals surface area contributed by atoms with Gasteiger partial charge in [0.25, 0.3) is 0 Å². The Morgan fingerprint density at radius 3 is 2.86 bits per heavy atom. The van der Waals surface area contributed by atoms with Gasteiger partial charge in [-0.3, -0.25) is 0 Å². The van der Waals surface area contributed by atoms with Gasteiger partial charge in [0.1, 0.15) is 34.8 Å². The molecule has 1 aliphatic heterocycles. The van der Waals surface area contributed by atoms with Crippen molar-refractivity contribution in [2.45, 2.75) is 31.2 Å². The Hall–Kier alpha value is -2.81. The first-order valence-corrected chi connectivity index (χ1v) is 8.73. The highest BCUT2D eigenvalue weighted by molar-refractivity contribution is 5.88. The van der Waals surface area contributed by atoms with Crippen LogP contribution in [-0.2, 0) is 10.9 Å². The summed E-state index contributed by atoms with van der Waals surface area (Å²) in [4.78, 5) is 10.4. The first-order chi connectivity index (χ1) is 13.3. The molecular formula is C19H19F3N4O2. The van der Waals surface area contributed by atoms with Gasteiger partial charge < -0.3 is 19.8 Å². The number of aromatic nitrogens is 3. The summed E-state index contributed by atoms with van der Waals surface area (Å²) in [6, 6.07) is 8.37. The number of nitrogens with one attached hydrogen (secondary N) is 2. The van der Waals surface area contributed by atoms with Gasteiger partial charge in [0, 0.05) is 19.1 Å². The average molecular weight is 392 g/mol. The van der Waals surface area contributed by atoms with Crippen molar-refractivity contribution in [2.75, 3.05) is 19.0 Å². The molecule has 0 amide bonds. The summed E-state index contributed by atoms with van der Waals surface area (Å²) in [6.07, 6.45) is -2.69. The van der Waals surface area contributed by atoms with Crippen LogP contribution in [0.2, 0.25) is 0 Å². The highest BCUT2D eigenvalue weighted by atomic mass is 19.4. The lowest BCUT2D eigenvalue weighted by atomic mass is 9.89. The van der Waals surface area contributed by atoms with E-state index in [-0.39, 0.29) is 17.1 Å². The number of methoxy groups -OCH3 is 1. The molecule has 0 unspecified atom stereocenters. The Balaban J connectivity index is 1.73. The van der Waals surface area contributed by atoms with E-state index in [1.165, 1.54) is 6.33 Å². The summed E-state index contributed by atoms with van der Waals surface area (Å²) in [6.45, 7) is 2.32.